The molecule has 7 heteroatoms. The molecule has 3 rings (SSSR count). The molecule has 6 nitrogen and oxygen atoms in total. The molecule has 0 saturated carbocycles. The predicted molar refractivity (Wildman–Crippen MR) is 120 cm³/mol. The van der Waals surface area contributed by atoms with Crippen molar-refractivity contribution in [3.8, 4) is 17.2 Å². The van der Waals surface area contributed by atoms with Crippen LogP contribution in [0.2, 0.25) is 0 Å². The molecule has 0 radical (unpaired) electrons. The molecule has 30 heavy (non-hydrogen) atoms. The molecule has 0 aromatic heterocycles. The molecular weight excluding hydrogens is 448 g/mol. The van der Waals surface area contributed by atoms with Gasteiger partial charge in [0.1, 0.15) is 12.4 Å². The highest BCUT2D eigenvalue weighted by Gasteiger charge is 2.10. The normalized spacial score (nSPS) is 10.6. The van der Waals surface area contributed by atoms with E-state index in [-0.39, 0.29) is 5.91 Å². The van der Waals surface area contributed by atoms with Crippen LogP contribution in [0.5, 0.6) is 17.2 Å². The minimum Gasteiger partial charge on any atom is -0.493 e. The quantitative estimate of drug-likeness (QED) is 0.380. The summed E-state index contributed by atoms with van der Waals surface area (Å²) in [5.74, 6) is 1.33. The van der Waals surface area contributed by atoms with Crippen LogP contribution in [-0.2, 0) is 6.61 Å². The van der Waals surface area contributed by atoms with Crippen molar-refractivity contribution in [1.29, 1.82) is 0 Å². The standard InChI is InChI=1S/C23H21BrN2O4/c1-28-21-12-9-17(13-22(21)29-2)23(27)26-25-14-18-5-3-4-6-20(18)30-15-16-7-10-19(24)11-8-16/h3-14H,15H2,1-2H3,(H,26,27)/b25-14+. The van der Waals surface area contributed by atoms with Crippen LogP contribution in [-0.4, -0.2) is 26.3 Å². The molecule has 0 bridgehead atoms. The van der Waals surface area contributed by atoms with Crippen molar-refractivity contribution < 1.29 is 19.0 Å². The number of hydrazone groups is 1. The van der Waals surface area contributed by atoms with Crippen LogP contribution < -0.4 is 19.6 Å². The summed E-state index contributed by atoms with van der Waals surface area (Å²) < 4.78 is 17.3. The lowest BCUT2D eigenvalue weighted by Gasteiger charge is -2.09. The number of carbonyl (C=O) groups excluding carboxylic acids is 1. The largest absolute Gasteiger partial charge is 0.493 e. The SMILES string of the molecule is COc1ccc(C(=O)N/N=C/c2ccccc2OCc2ccc(Br)cc2)cc1OC. The van der Waals surface area contributed by atoms with Crippen molar-refractivity contribution in [3.05, 3.63) is 87.9 Å². The summed E-state index contributed by atoms with van der Waals surface area (Å²) in [5, 5.41) is 4.06. The van der Waals surface area contributed by atoms with Crippen LogP contribution in [0, 0.1) is 0 Å². The summed E-state index contributed by atoms with van der Waals surface area (Å²) in [5.41, 5.74) is 4.72. The Hall–Kier alpha value is -3.32. The Balaban J connectivity index is 1.65. The topological polar surface area (TPSA) is 69.2 Å². The monoisotopic (exact) mass is 468 g/mol. The van der Waals surface area contributed by atoms with E-state index in [4.69, 9.17) is 14.2 Å². The number of nitrogens with one attached hydrogen (secondary N) is 1. The zero-order valence-corrected chi connectivity index (χ0v) is 18.2. The van der Waals surface area contributed by atoms with Crippen LogP contribution >= 0.6 is 15.9 Å². The van der Waals surface area contributed by atoms with Gasteiger partial charge in [0, 0.05) is 15.6 Å². The van der Waals surface area contributed by atoms with E-state index in [1.807, 2.05) is 48.5 Å². The van der Waals surface area contributed by atoms with Gasteiger partial charge in [0.25, 0.3) is 5.91 Å². The molecule has 3 aromatic carbocycles. The Bertz CT molecular complexity index is 1040. The second-order valence-corrected chi connectivity index (χ2v) is 7.14. The number of benzene rings is 3. The van der Waals surface area contributed by atoms with Gasteiger partial charge in [0.2, 0.25) is 0 Å². The molecule has 3 aromatic rings. The molecule has 0 aliphatic rings. The van der Waals surface area contributed by atoms with E-state index in [0.29, 0.717) is 29.4 Å². The maximum Gasteiger partial charge on any atom is 0.271 e. The molecule has 0 spiro atoms. The van der Waals surface area contributed by atoms with E-state index < -0.39 is 0 Å². The van der Waals surface area contributed by atoms with Gasteiger partial charge in [-0.25, -0.2) is 5.43 Å². The minimum atomic E-state index is -0.361. The lowest BCUT2D eigenvalue weighted by atomic mass is 10.2. The number of hydrogen-bond acceptors (Lipinski definition) is 5. The fraction of sp³-hybridized carbons (Fsp3) is 0.130. The average Bonchev–Trinajstić information content (AvgIpc) is 2.78. The Morgan fingerprint density at radius 3 is 2.43 bits per heavy atom. The van der Waals surface area contributed by atoms with Crippen LogP contribution in [0.4, 0.5) is 0 Å². The highest BCUT2D eigenvalue weighted by Crippen LogP contribution is 2.27. The van der Waals surface area contributed by atoms with Gasteiger partial charge in [-0.2, -0.15) is 5.10 Å². The molecule has 1 N–H and O–H groups in total. The predicted octanol–water partition coefficient (Wildman–Crippen LogP) is 4.81. The molecular formula is C23H21BrN2O4. The fourth-order valence-corrected chi connectivity index (χ4v) is 2.93. The first-order chi connectivity index (χ1) is 14.6. The number of methoxy groups -OCH3 is 2. The average molecular weight is 469 g/mol. The van der Waals surface area contributed by atoms with Gasteiger partial charge in [-0.05, 0) is 48.0 Å². The third kappa shape index (κ3) is 5.61. The molecule has 1 amide bonds. The fourth-order valence-electron chi connectivity index (χ4n) is 2.66. The zero-order valence-electron chi connectivity index (χ0n) is 16.6. The lowest BCUT2D eigenvalue weighted by Crippen LogP contribution is -2.17. The summed E-state index contributed by atoms with van der Waals surface area (Å²) in [6.45, 7) is 0.427. The van der Waals surface area contributed by atoms with Crippen molar-refractivity contribution >= 4 is 28.1 Å². The van der Waals surface area contributed by atoms with Gasteiger partial charge in [-0.1, -0.05) is 40.2 Å². The van der Waals surface area contributed by atoms with Crippen LogP contribution in [0.1, 0.15) is 21.5 Å². The number of para-hydroxylation sites is 1. The van der Waals surface area contributed by atoms with Gasteiger partial charge in [-0.3, -0.25) is 4.79 Å². The summed E-state index contributed by atoms with van der Waals surface area (Å²) in [7, 11) is 3.06. The molecule has 0 atom stereocenters. The van der Waals surface area contributed by atoms with Crippen LogP contribution in [0.15, 0.2) is 76.3 Å². The summed E-state index contributed by atoms with van der Waals surface area (Å²) in [6, 6.07) is 20.3. The number of rotatable bonds is 8. The van der Waals surface area contributed by atoms with Gasteiger partial charge in [0.05, 0.1) is 20.4 Å². The Morgan fingerprint density at radius 2 is 1.70 bits per heavy atom. The maximum atomic E-state index is 12.4. The van der Waals surface area contributed by atoms with Crippen molar-refractivity contribution in [2.75, 3.05) is 14.2 Å². The highest BCUT2D eigenvalue weighted by molar-refractivity contribution is 9.10. The lowest BCUT2D eigenvalue weighted by molar-refractivity contribution is 0.0954. The van der Waals surface area contributed by atoms with E-state index in [1.165, 1.54) is 14.2 Å². The first-order valence-corrected chi connectivity index (χ1v) is 9.91. The van der Waals surface area contributed by atoms with E-state index in [0.717, 1.165) is 15.6 Å². The highest BCUT2D eigenvalue weighted by atomic mass is 79.9. The number of halogens is 1. The number of hydrogen-bond donors (Lipinski definition) is 1. The van der Waals surface area contributed by atoms with Crippen molar-refractivity contribution in [2.45, 2.75) is 6.61 Å². The van der Waals surface area contributed by atoms with Gasteiger partial charge in [0.15, 0.2) is 11.5 Å². The van der Waals surface area contributed by atoms with E-state index in [9.17, 15) is 4.79 Å². The number of amides is 1. The molecule has 0 aliphatic carbocycles. The van der Waals surface area contributed by atoms with E-state index in [1.54, 1.807) is 24.4 Å². The van der Waals surface area contributed by atoms with Crippen LogP contribution in [0.3, 0.4) is 0 Å². The van der Waals surface area contributed by atoms with Crippen molar-refractivity contribution in [3.63, 3.8) is 0 Å². The van der Waals surface area contributed by atoms with Gasteiger partial charge in [-0.15, -0.1) is 0 Å². The molecule has 0 saturated heterocycles. The number of carbonyl (C=O) groups is 1. The minimum absolute atomic E-state index is 0.361. The van der Waals surface area contributed by atoms with E-state index in [2.05, 4.69) is 26.5 Å². The van der Waals surface area contributed by atoms with Crippen molar-refractivity contribution in [2.24, 2.45) is 5.10 Å². The molecule has 0 fully saturated rings. The molecule has 154 valence electrons. The van der Waals surface area contributed by atoms with E-state index >= 15 is 0 Å². The summed E-state index contributed by atoms with van der Waals surface area (Å²) >= 11 is 3.42. The smallest absolute Gasteiger partial charge is 0.271 e. The Kier molecular flexibility index (Phi) is 7.45. The van der Waals surface area contributed by atoms with Gasteiger partial charge >= 0.3 is 0 Å². The first kappa shape index (κ1) is 21.4. The molecule has 0 unspecified atom stereocenters. The van der Waals surface area contributed by atoms with Crippen molar-refractivity contribution in [1.82, 2.24) is 5.43 Å². The number of ether oxygens (including phenoxy) is 3. The Labute approximate surface area is 183 Å². The summed E-state index contributed by atoms with van der Waals surface area (Å²) in [6.07, 6.45) is 1.55. The molecule has 0 aliphatic heterocycles. The molecule has 0 heterocycles. The van der Waals surface area contributed by atoms with Crippen LogP contribution in [0.25, 0.3) is 0 Å². The maximum absolute atomic E-state index is 12.4. The third-order valence-corrected chi connectivity index (χ3v) is 4.77. The summed E-state index contributed by atoms with van der Waals surface area (Å²) in [4.78, 5) is 12.4. The first-order valence-electron chi connectivity index (χ1n) is 9.12. The zero-order chi connectivity index (χ0) is 21.3. The van der Waals surface area contributed by atoms with Gasteiger partial charge < -0.3 is 14.2 Å². The Morgan fingerprint density at radius 1 is 0.967 bits per heavy atom. The number of nitrogens with zero attached hydrogens (tertiary/aromatic N) is 1. The third-order valence-electron chi connectivity index (χ3n) is 4.24. The second-order valence-electron chi connectivity index (χ2n) is 6.22. The second kappa shape index (κ2) is 10.5.